The summed E-state index contributed by atoms with van der Waals surface area (Å²) in [7, 11) is 1.53. The number of carbonyl (C=O) groups is 2. The van der Waals surface area contributed by atoms with Crippen molar-refractivity contribution in [1.29, 1.82) is 0 Å². The Morgan fingerprint density at radius 2 is 1.60 bits per heavy atom. The van der Waals surface area contributed by atoms with Crippen molar-refractivity contribution in [3.63, 3.8) is 0 Å². The Morgan fingerprint density at radius 3 is 2.15 bits per heavy atom. The van der Waals surface area contributed by atoms with Crippen LogP contribution in [0.2, 0.25) is 0 Å². The first kappa shape index (κ1) is 13.1. The third kappa shape index (κ3) is 1.88. The van der Waals surface area contributed by atoms with Gasteiger partial charge in [0.1, 0.15) is 11.7 Å². The largest absolute Gasteiger partial charge is 0.496 e. The third-order valence-electron chi connectivity index (χ3n) is 3.49. The van der Waals surface area contributed by atoms with Crippen molar-refractivity contribution < 1.29 is 14.3 Å². The number of hydrogen-bond donors (Lipinski definition) is 0. The molecule has 0 N–H and O–H groups in total. The molecular formula is C16H11BrO3. The van der Waals surface area contributed by atoms with Crippen LogP contribution in [0.3, 0.4) is 0 Å². The van der Waals surface area contributed by atoms with Crippen LogP contribution in [0, 0.1) is 0 Å². The number of hydrogen-bond acceptors (Lipinski definition) is 3. The molecule has 4 heteroatoms. The van der Waals surface area contributed by atoms with Gasteiger partial charge in [0.15, 0.2) is 11.6 Å². The third-order valence-corrected chi connectivity index (χ3v) is 3.98. The zero-order valence-corrected chi connectivity index (χ0v) is 12.3. The van der Waals surface area contributed by atoms with Gasteiger partial charge in [-0.25, -0.2) is 0 Å². The van der Waals surface area contributed by atoms with Crippen molar-refractivity contribution in [2.75, 3.05) is 7.11 Å². The van der Waals surface area contributed by atoms with Crippen LogP contribution < -0.4 is 4.74 Å². The quantitative estimate of drug-likeness (QED) is 0.790. The molecule has 2 aromatic carbocycles. The highest BCUT2D eigenvalue weighted by Gasteiger charge is 2.40. The van der Waals surface area contributed by atoms with Crippen molar-refractivity contribution in [2.45, 2.75) is 5.92 Å². The topological polar surface area (TPSA) is 43.4 Å². The first-order valence-corrected chi connectivity index (χ1v) is 6.93. The van der Waals surface area contributed by atoms with E-state index in [2.05, 4.69) is 15.9 Å². The van der Waals surface area contributed by atoms with Crippen LogP contribution in [0.15, 0.2) is 46.9 Å². The van der Waals surface area contributed by atoms with E-state index in [1.165, 1.54) is 7.11 Å². The molecule has 0 bridgehead atoms. The molecule has 0 aliphatic heterocycles. The van der Waals surface area contributed by atoms with Crippen molar-refractivity contribution in [3.05, 3.63) is 63.6 Å². The summed E-state index contributed by atoms with van der Waals surface area (Å²) in [5.74, 6) is -0.587. The molecule has 100 valence electrons. The normalized spacial score (nSPS) is 14.5. The summed E-state index contributed by atoms with van der Waals surface area (Å²) in [5, 5.41) is 0. The summed E-state index contributed by atoms with van der Waals surface area (Å²) in [4.78, 5) is 25.0. The molecule has 1 aliphatic carbocycles. The molecule has 0 radical (unpaired) electrons. The minimum absolute atomic E-state index is 0.165. The van der Waals surface area contributed by atoms with E-state index >= 15 is 0 Å². The zero-order chi connectivity index (χ0) is 14.3. The fraction of sp³-hybridized carbons (Fsp3) is 0.125. The molecular weight excluding hydrogens is 320 g/mol. The molecule has 0 aromatic heterocycles. The lowest BCUT2D eigenvalue weighted by molar-refractivity contribution is 0.0888. The van der Waals surface area contributed by atoms with Crippen LogP contribution in [0.4, 0.5) is 0 Å². The lowest BCUT2D eigenvalue weighted by Crippen LogP contribution is -2.14. The molecule has 0 atom stereocenters. The van der Waals surface area contributed by atoms with E-state index in [0.29, 0.717) is 22.4 Å². The number of ether oxygens (including phenoxy) is 1. The number of methoxy groups -OCH3 is 1. The Morgan fingerprint density at radius 1 is 1.00 bits per heavy atom. The Balaban J connectivity index is 2.16. The summed E-state index contributed by atoms with van der Waals surface area (Å²) in [6.45, 7) is 0. The highest BCUT2D eigenvalue weighted by atomic mass is 79.9. The number of fused-ring (bicyclic) bond motifs is 1. The van der Waals surface area contributed by atoms with Gasteiger partial charge in [-0.15, -0.1) is 0 Å². The summed E-state index contributed by atoms with van der Waals surface area (Å²) in [5.41, 5.74) is 1.59. The van der Waals surface area contributed by atoms with Crippen molar-refractivity contribution in [1.82, 2.24) is 0 Å². The summed E-state index contributed by atoms with van der Waals surface area (Å²) in [6, 6.07) is 12.3. The summed E-state index contributed by atoms with van der Waals surface area (Å²) < 4.78 is 6.09. The lowest BCUT2D eigenvalue weighted by atomic mass is 9.93. The maximum absolute atomic E-state index is 12.5. The SMILES string of the molecule is COc1ccc(Br)cc1C1C(=O)c2ccccc2C1=O. The molecule has 0 fully saturated rings. The lowest BCUT2D eigenvalue weighted by Gasteiger charge is -2.13. The first-order chi connectivity index (χ1) is 9.63. The smallest absolute Gasteiger partial charge is 0.178 e. The van der Waals surface area contributed by atoms with E-state index in [9.17, 15) is 9.59 Å². The van der Waals surface area contributed by atoms with Gasteiger partial charge in [-0.2, -0.15) is 0 Å². The maximum Gasteiger partial charge on any atom is 0.178 e. The number of halogens is 1. The average Bonchev–Trinajstić information content (AvgIpc) is 2.71. The maximum atomic E-state index is 12.5. The monoisotopic (exact) mass is 330 g/mol. The van der Waals surface area contributed by atoms with E-state index < -0.39 is 5.92 Å². The Bertz CT molecular complexity index is 686. The van der Waals surface area contributed by atoms with Crippen LogP contribution in [-0.4, -0.2) is 18.7 Å². The molecule has 0 unspecified atom stereocenters. The van der Waals surface area contributed by atoms with E-state index in [4.69, 9.17) is 4.74 Å². The molecule has 2 aromatic rings. The second kappa shape index (κ2) is 4.87. The number of ketones is 2. The molecule has 3 rings (SSSR count). The van der Waals surface area contributed by atoms with Gasteiger partial charge in [0.05, 0.1) is 7.11 Å². The van der Waals surface area contributed by atoms with Crippen LogP contribution in [0.25, 0.3) is 0 Å². The Kier molecular flexibility index (Phi) is 3.18. The molecule has 0 heterocycles. The van der Waals surface area contributed by atoms with Gasteiger partial charge < -0.3 is 4.74 Å². The molecule has 1 aliphatic rings. The van der Waals surface area contributed by atoms with E-state index in [1.54, 1.807) is 36.4 Å². The average molecular weight is 331 g/mol. The van der Waals surface area contributed by atoms with Gasteiger partial charge >= 0.3 is 0 Å². The minimum atomic E-state index is -0.806. The van der Waals surface area contributed by atoms with E-state index in [-0.39, 0.29) is 11.6 Å². The summed E-state index contributed by atoms with van der Waals surface area (Å²) >= 11 is 3.37. The highest BCUT2D eigenvalue weighted by molar-refractivity contribution is 9.10. The number of rotatable bonds is 2. The number of Topliss-reactive ketones (excluding diaryl/α,β-unsaturated/α-hetero) is 2. The van der Waals surface area contributed by atoms with Crippen LogP contribution in [-0.2, 0) is 0 Å². The van der Waals surface area contributed by atoms with Gasteiger partial charge in [-0.1, -0.05) is 40.2 Å². The second-order valence-corrected chi connectivity index (χ2v) is 5.51. The van der Waals surface area contributed by atoms with Gasteiger partial charge in [-0.05, 0) is 18.2 Å². The number of carbonyl (C=O) groups excluding carboxylic acids is 2. The van der Waals surface area contributed by atoms with E-state index in [0.717, 1.165) is 4.47 Å². The Labute approximate surface area is 124 Å². The van der Waals surface area contributed by atoms with Crippen LogP contribution in [0.5, 0.6) is 5.75 Å². The second-order valence-electron chi connectivity index (χ2n) is 4.59. The molecule has 0 saturated carbocycles. The fourth-order valence-electron chi connectivity index (χ4n) is 2.56. The minimum Gasteiger partial charge on any atom is -0.496 e. The summed E-state index contributed by atoms with van der Waals surface area (Å²) in [6.07, 6.45) is 0. The predicted octanol–water partition coefficient (Wildman–Crippen LogP) is 3.62. The van der Waals surface area contributed by atoms with Gasteiger partial charge in [0.2, 0.25) is 0 Å². The van der Waals surface area contributed by atoms with Crippen LogP contribution in [0.1, 0.15) is 32.2 Å². The van der Waals surface area contributed by atoms with Crippen molar-refractivity contribution in [3.8, 4) is 5.75 Å². The standard InChI is InChI=1S/C16H11BrO3/c1-20-13-7-6-9(17)8-12(13)14-15(18)10-4-2-3-5-11(10)16(14)19/h2-8,14H,1H3. The van der Waals surface area contributed by atoms with Gasteiger partial charge in [0, 0.05) is 21.2 Å². The molecule has 20 heavy (non-hydrogen) atoms. The first-order valence-electron chi connectivity index (χ1n) is 6.14. The van der Waals surface area contributed by atoms with Crippen molar-refractivity contribution >= 4 is 27.5 Å². The van der Waals surface area contributed by atoms with Gasteiger partial charge in [-0.3, -0.25) is 9.59 Å². The fourth-order valence-corrected chi connectivity index (χ4v) is 2.93. The van der Waals surface area contributed by atoms with Crippen LogP contribution >= 0.6 is 15.9 Å². The number of benzene rings is 2. The zero-order valence-electron chi connectivity index (χ0n) is 10.7. The van der Waals surface area contributed by atoms with Crippen molar-refractivity contribution in [2.24, 2.45) is 0 Å². The molecule has 0 spiro atoms. The van der Waals surface area contributed by atoms with Gasteiger partial charge in [0.25, 0.3) is 0 Å². The molecule has 3 nitrogen and oxygen atoms in total. The highest BCUT2D eigenvalue weighted by Crippen LogP contribution is 2.38. The molecule has 0 saturated heterocycles. The molecule has 0 amide bonds. The Hall–Kier alpha value is -1.94. The predicted molar refractivity (Wildman–Crippen MR) is 78.5 cm³/mol. The van der Waals surface area contributed by atoms with E-state index in [1.807, 2.05) is 6.07 Å².